The Bertz CT molecular complexity index is 399. The van der Waals surface area contributed by atoms with E-state index in [4.69, 9.17) is 0 Å². The lowest BCUT2D eigenvalue weighted by atomic mass is 9.88. The van der Waals surface area contributed by atoms with Gasteiger partial charge in [-0.2, -0.15) is 0 Å². The summed E-state index contributed by atoms with van der Waals surface area (Å²) in [5.74, 6) is -0.245. The molecule has 0 heterocycles. The van der Waals surface area contributed by atoms with Gasteiger partial charge in [0.15, 0.2) is 0 Å². The first kappa shape index (κ1) is 13.5. The molecule has 2 heteroatoms. The number of primary amides is 1. The summed E-state index contributed by atoms with van der Waals surface area (Å²) in [5.41, 5.74) is 10.8. The summed E-state index contributed by atoms with van der Waals surface area (Å²) in [5, 5.41) is 0. The second kappa shape index (κ2) is 6.24. The second-order valence-electron chi connectivity index (χ2n) is 4.50. The largest absolute Gasteiger partial charge is 0.370 e. The highest BCUT2D eigenvalue weighted by molar-refractivity contribution is 5.73. The van der Waals surface area contributed by atoms with Gasteiger partial charge in [-0.15, -0.1) is 0 Å². The smallest absolute Gasteiger partial charge is 0.217 e. The molecular formula is C15H21NO. The monoisotopic (exact) mass is 231 g/mol. The first-order valence-electron chi connectivity index (χ1n) is 6.05. The summed E-state index contributed by atoms with van der Waals surface area (Å²) >= 11 is 0. The zero-order valence-electron chi connectivity index (χ0n) is 10.9. The molecule has 2 N–H and O–H groups in total. The van der Waals surface area contributed by atoms with Crippen LogP contribution in [0.1, 0.15) is 38.3 Å². The Labute approximate surface area is 104 Å². The van der Waals surface area contributed by atoms with E-state index < -0.39 is 0 Å². The van der Waals surface area contributed by atoms with E-state index in [0.717, 1.165) is 12.8 Å². The molecule has 0 atom stereocenters. The molecule has 0 bridgehead atoms. The van der Waals surface area contributed by atoms with E-state index in [0.29, 0.717) is 6.42 Å². The van der Waals surface area contributed by atoms with Crippen molar-refractivity contribution >= 4 is 5.91 Å². The number of carbonyl (C=O) groups is 1. The molecule has 0 saturated heterocycles. The molecule has 1 aliphatic carbocycles. The van der Waals surface area contributed by atoms with Crippen LogP contribution in [0.3, 0.4) is 0 Å². The van der Waals surface area contributed by atoms with Crippen LogP contribution in [-0.2, 0) is 17.6 Å². The van der Waals surface area contributed by atoms with Gasteiger partial charge in [-0.3, -0.25) is 4.79 Å². The van der Waals surface area contributed by atoms with Crippen molar-refractivity contribution in [1.82, 2.24) is 0 Å². The minimum Gasteiger partial charge on any atom is -0.370 e. The Kier molecular flexibility index (Phi) is 4.95. The van der Waals surface area contributed by atoms with E-state index >= 15 is 0 Å². The van der Waals surface area contributed by atoms with Crippen molar-refractivity contribution in [1.29, 1.82) is 0 Å². The molecule has 1 aromatic rings. The van der Waals surface area contributed by atoms with Gasteiger partial charge < -0.3 is 5.73 Å². The average molecular weight is 231 g/mol. The number of carbonyl (C=O) groups excluding carboxylic acids is 1. The van der Waals surface area contributed by atoms with Gasteiger partial charge in [0, 0.05) is 6.42 Å². The van der Waals surface area contributed by atoms with Crippen molar-refractivity contribution in [2.75, 3.05) is 0 Å². The van der Waals surface area contributed by atoms with E-state index in [9.17, 15) is 4.79 Å². The molecule has 0 aromatic heterocycles. The van der Waals surface area contributed by atoms with Crippen LogP contribution in [-0.4, -0.2) is 5.91 Å². The average Bonchev–Trinajstić information content (AvgIpc) is 2.31. The minimum absolute atomic E-state index is 0.245. The molecule has 0 fully saturated rings. The lowest BCUT2D eigenvalue weighted by Gasteiger charge is -2.18. The third-order valence-electron chi connectivity index (χ3n) is 3.11. The molecule has 2 nitrogen and oxygen atoms in total. The van der Waals surface area contributed by atoms with E-state index in [-0.39, 0.29) is 5.91 Å². The predicted octanol–water partition coefficient (Wildman–Crippen LogP) is 3.00. The van der Waals surface area contributed by atoms with Crippen LogP contribution >= 0.6 is 0 Å². The van der Waals surface area contributed by atoms with Crippen molar-refractivity contribution in [3.63, 3.8) is 0 Å². The van der Waals surface area contributed by atoms with Gasteiger partial charge in [0.25, 0.3) is 0 Å². The molecule has 1 amide bonds. The van der Waals surface area contributed by atoms with Crippen LogP contribution in [0.4, 0.5) is 0 Å². The Hall–Kier alpha value is -1.57. The normalized spacial score (nSPS) is 13.6. The molecule has 92 valence electrons. The number of fused-ring (bicyclic) bond motifs is 1. The summed E-state index contributed by atoms with van der Waals surface area (Å²) in [6, 6.07) is 8.75. The molecule has 0 spiro atoms. The predicted molar refractivity (Wildman–Crippen MR) is 71.7 cm³/mol. The maximum atomic E-state index is 9.59. The molecular weight excluding hydrogens is 210 g/mol. The fraction of sp³-hybridized carbons (Fsp3) is 0.400. The Morgan fingerprint density at radius 1 is 1.12 bits per heavy atom. The Morgan fingerprint density at radius 3 is 1.76 bits per heavy atom. The Morgan fingerprint density at radius 2 is 1.47 bits per heavy atom. The van der Waals surface area contributed by atoms with Crippen LogP contribution in [0.5, 0.6) is 0 Å². The van der Waals surface area contributed by atoms with Crippen molar-refractivity contribution < 1.29 is 4.79 Å². The minimum atomic E-state index is -0.245. The molecule has 2 rings (SSSR count). The van der Waals surface area contributed by atoms with Crippen LogP contribution in [0.15, 0.2) is 35.4 Å². The van der Waals surface area contributed by atoms with E-state index in [1.54, 1.807) is 18.1 Å². The highest BCUT2D eigenvalue weighted by Crippen LogP contribution is 2.24. The second-order valence-corrected chi connectivity index (χ2v) is 4.50. The van der Waals surface area contributed by atoms with Gasteiger partial charge >= 0.3 is 0 Å². The lowest BCUT2D eigenvalue weighted by Crippen LogP contribution is -2.06. The number of allylic oxidation sites excluding steroid dienone is 2. The summed E-state index contributed by atoms with van der Waals surface area (Å²) in [4.78, 5) is 9.59. The third-order valence-corrected chi connectivity index (χ3v) is 3.11. The number of benzene rings is 1. The van der Waals surface area contributed by atoms with Crippen LogP contribution in [0.25, 0.3) is 0 Å². The number of hydrogen-bond acceptors (Lipinski definition) is 1. The highest BCUT2D eigenvalue weighted by atomic mass is 16.1. The van der Waals surface area contributed by atoms with Crippen molar-refractivity contribution in [3.05, 3.63) is 46.5 Å². The first-order valence-corrected chi connectivity index (χ1v) is 6.05. The van der Waals surface area contributed by atoms with Gasteiger partial charge in [-0.25, -0.2) is 0 Å². The maximum Gasteiger partial charge on any atom is 0.217 e. The number of amides is 1. The highest BCUT2D eigenvalue weighted by Gasteiger charge is 2.10. The van der Waals surface area contributed by atoms with Crippen molar-refractivity contribution in [2.24, 2.45) is 5.73 Å². The van der Waals surface area contributed by atoms with Crippen LogP contribution in [0, 0.1) is 0 Å². The van der Waals surface area contributed by atoms with E-state index in [2.05, 4.69) is 43.8 Å². The maximum absolute atomic E-state index is 9.59. The van der Waals surface area contributed by atoms with Gasteiger partial charge in [-0.05, 0) is 37.8 Å². The molecule has 0 saturated carbocycles. The lowest BCUT2D eigenvalue weighted by molar-refractivity contribution is -0.117. The van der Waals surface area contributed by atoms with Gasteiger partial charge in [-0.1, -0.05) is 42.3 Å². The molecule has 1 aromatic carbocycles. The van der Waals surface area contributed by atoms with Crippen LogP contribution in [0.2, 0.25) is 0 Å². The Balaban J connectivity index is 0.000000249. The summed E-state index contributed by atoms with van der Waals surface area (Å²) in [6.07, 6.45) is 2.75. The number of nitrogens with two attached hydrogens (primary N) is 1. The SMILES string of the molecule is CC1=C(C)Cc2ccccc2C1.CCC(N)=O. The topological polar surface area (TPSA) is 43.1 Å². The fourth-order valence-corrected chi connectivity index (χ4v) is 1.78. The standard InChI is InChI=1S/C12H14.C3H7NO/c1-9-7-11-5-3-4-6-12(11)8-10(9)2;1-2-3(4)5/h3-6H,7-8H2,1-2H3;2H2,1H3,(H2,4,5). The molecule has 0 radical (unpaired) electrons. The van der Waals surface area contributed by atoms with Gasteiger partial charge in [0.1, 0.15) is 0 Å². The van der Waals surface area contributed by atoms with Crippen molar-refractivity contribution in [2.45, 2.75) is 40.0 Å². The van der Waals surface area contributed by atoms with Gasteiger partial charge in [0.2, 0.25) is 5.91 Å². The van der Waals surface area contributed by atoms with Crippen LogP contribution < -0.4 is 5.73 Å². The van der Waals surface area contributed by atoms with E-state index in [1.165, 1.54) is 11.1 Å². The third kappa shape index (κ3) is 4.06. The summed E-state index contributed by atoms with van der Waals surface area (Å²) in [6.45, 7) is 6.21. The zero-order valence-corrected chi connectivity index (χ0v) is 10.9. The van der Waals surface area contributed by atoms with Crippen molar-refractivity contribution in [3.8, 4) is 0 Å². The first-order chi connectivity index (χ1) is 8.04. The summed E-state index contributed by atoms with van der Waals surface area (Å²) < 4.78 is 0. The molecule has 0 aliphatic heterocycles. The quantitative estimate of drug-likeness (QED) is 0.742. The molecule has 1 aliphatic rings. The van der Waals surface area contributed by atoms with E-state index in [1.807, 2.05) is 0 Å². The van der Waals surface area contributed by atoms with Gasteiger partial charge in [0.05, 0.1) is 0 Å². The number of rotatable bonds is 1. The molecule has 17 heavy (non-hydrogen) atoms. The fourth-order valence-electron chi connectivity index (χ4n) is 1.78. The number of hydrogen-bond donors (Lipinski definition) is 1. The summed E-state index contributed by atoms with van der Waals surface area (Å²) in [7, 11) is 0. The molecule has 0 unspecified atom stereocenters. The zero-order chi connectivity index (χ0) is 12.8.